The second-order valence-electron chi connectivity index (χ2n) is 4.04. The molecule has 0 radical (unpaired) electrons. The summed E-state index contributed by atoms with van der Waals surface area (Å²) in [6, 6.07) is 6.17. The lowest BCUT2D eigenvalue weighted by atomic mass is 10.1. The number of aliphatic hydroxyl groups excluding tert-OH is 1. The fraction of sp³-hybridized carbons (Fsp3) is 0.462. The first kappa shape index (κ1) is 14.6. The van der Waals surface area contributed by atoms with Gasteiger partial charge in [-0.2, -0.15) is 0 Å². The number of benzene rings is 1. The van der Waals surface area contributed by atoms with E-state index in [1.807, 2.05) is 0 Å². The highest BCUT2D eigenvalue weighted by atomic mass is 19.1. The average Bonchev–Trinajstić information content (AvgIpc) is 2.34. The highest BCUT2D eigenvalue weighted by Gasteiger charge is 2.07. The Kier molecular flexibility index (Phi) is 6.32. The molecule has 0 saturated heterocycles. The Balaban J connectivity index is 2.25. The Bertz CT molecular complexity index is 384. The van der Waals surface area contributed by atoms with Gasteiger partial charge in [-0.05, 0) is 24.1 Å². The van der Waals surface area contributed by atoms with Crippen LogP contribution in [0.2, 0.25) is 0 Å². The van der Waals surface area contributed by atoms with Gasteiger partial charge in [0.05, 0.1) is 12.7 Å². The number of ether oxygens (including phenoxy) is 1. The summed E-state index contributed by atoms with van der Waals surface area (Å²) in [5.74, 6) is -0.474. The summed E-state index contributed by atoms with van der Waals surface area (Å²) in [4.78, 5) is 11.5. The second-order valence-corrected chi connectivity index (χ2v) is 4.04. The highest BCUT2D eigenvalue weighted by molar-refractivity contribution is 5.76. The standard InChI is InChI=1S/C13H18FNO3/c1-18-9-12(16)8-15-13(17)6-5-10-3-2-4-11(14)7-10/h2-4,7,12,16H,5-6,8-9H2,1H3,(H,15,17). The monoisotopic (exact) mass is 255 g/mol. The minimum Gasteiger partial charge on any atom is -0.389 e. The van der Waals surface area contributed by atoms with E-state index in [2.05, 4.69) is 5.32 Å². The van der Waals surface area contributed by atoms with Crippen LogP contribution in [0.15, 0.2) is 24.3 Å². The van der Waals surface area contributed by atoms with Crippen molar-refractivity contribution in [1.82, 2.24) is 5.32 Å². The molecule has 0 aliphatic heterocycles. The summed E-state index contributed by atoms with van der Waals surface area (Å²) < 4.78 is 17.6. The van der Waals surface area contributed by atoms with Crippen LogP contribution >= 0.6 is 0 Å². The molecule has 1 rings (SSSR count). The molecule has 1 atom stereocenters. The Morgan fingerprint density at radius 1 is 1.56 bits per heavy atom. The van der Waals surface area contributed by atoms with Gasteiger partial charge in [0.2, 0.25) is 5.91 Å². The Hall–Kier alpha value is -1.46. The van der Waals surface area contributed by atoms with Gasteiger partial charge in [0, 0.05) is 20.1 Å². The molecule has 2 N–H and O–H groups in total. The first-order valence-electron chi connectivity index (χ1n) is 5.80. The summed E-state index contributed by atoms with van der Waals surface area (Å²) in [5.41, 5.74) is 0.780. The number of hydrogen-bond acceptors (Lipinski definition) is 3. The molecule has 1 aromatic rings. The zero-order chi connectivity index (χ0) is 13.4. The minimum absolute atomic E-state index is 0.163. The molecule has 18 heavy (non-hydrogen) atoms. The second kappa shape index (κ2) is 7.79. The van der Waals surface area contributed by atoms with Crippen molar-refractivity contribution in [3.05, 3.63) is 35.6 Å². The van der Waals surface area contributed by atoms with Crippen molar-refractivity contribution in [2.24, 2.45) is 0 Å². The smallest absolute Gasteiger partial charge is 0.220 e. The lowest BCUT2D eigenvalue weighted by Crippen LogP contribution is -2.34. The summed E-state index contributed by atoms with van der Waals surface area (Å²) in [7, 11) is 1.48. The maximum Gasteiger partial charge on any atom is 0.220 e. The van der Waals surface area contributed by atoms with E-state index in [4.69, 9.17) is 4.74 Å². The molecule has 0 fully saturated rings. The van der Waals surface area contributed by atoms with Crippen molar-refractivity contribution < 1.29 is 19.0 Å². The molecule has 1 amide bonds. The van der Waals surface area contributed by atoms with E-state index in [0.717, 1.165) is 5.56 Å². The molecule has 0 aliphatic rings. The van der Waals surface area contributed by atoms with Gasteiger partial charge in [-0.3, -0.25) is 4.79 Å². The number of amides is 1. The van der Waals surface area contributed by atoms with Gasteiger partial charge >= 0.3 is 0 Å². The molecule has 0 heterocycles. The van der Waals surface area contributed by atoms with E-state index in [1.54, 1.807) is 12.1 Å². The van der Waals surface area contributed by atoms with Crippen LogP contribution in [-0.4, -0.2) is 37.4 Å². The van der Waals surface area contributed by atoms with Crippen LogP contribution in [0, 0.1) is 5.82 Å². The van der Waals surface area contributed by atoms with Crippen molar-refractivity contribution in [2.75, 3.05) is 20.3 Å². The van der Waals surface area contributed by atoms with Gasteiger partial charge in [0.25, 0.3) is 0 Å². The number of nitrogens with one attached hydrogen (secondary N) is 1. The maximum absolute atomic E-state index is 12.9. The number of hydrogen-bond donors (Lipinski definition) is 2. The summed E-state index contributed by atoms with van der Waals surface area (Å²) in [6.07, 6.45) is 0.0424. The SMILES string of the molecule is COCC(O)CNC(=O)CCc1cccc(F)c1. The van der Waals surface area contributed by atoms with Crippen LogP contribution in [0.5, 0.6) is 0 Å². The summed E-state index contributed by atoms with van der Waals surface area (Å²) in [6.45, 7) is 0.347. The van der Waals surface area contributed by atoms with Gasteiger partial charge in [-0.1, -0.05) is 12.1 Å². The Labute approximate surface area is 106 Å². The lowest BCUT2D eigenvalue weighted by Gasteiger charge is -2.10. The van der Waals surface area contributed by atoms with Crippen molar-refractivity contribution in [2.45, 2.75) is 18.9 Å². The van der Waals surface area contributed by atoms with Crippen LogP contribution in [0.4, 0.5) is 4.39 Å². The van der Waals surface area contributed by atoms with E-state index in [1.165, 1.54) is 19.2 Å². The van der Waals surface area contributed by atoms with Gasteiger partial charge < -0.3 is 15.2 Å². The minimum atomic E-state index is -0.701. The van der Waals surface area contributed by atoms with Crippen LogP contribution in [-0.2, 0) is 16.0 Å². The molecule has 4 nitrogen and oxygen atoms in total. The largest absolute Gasteiger partial charge is 0.389 e. The van der Waals surface area contributed by atoms with Crippen molar-refractivity contribution >= 4 is 5.91 Å². The first-order chi connectivity index (χ1) is 8.61. The van der Waals surface area contributed by atoms with Crippen molar-refractivity contribution in [1.29, 1.82) is 0 Å². The van der Waals surface area contributed by atoms with Gasteiger partial charge in [0.15, 0.2) is 0 Å². The van der Waals surface area contributed by atoms with Crippen LogP contribution < -0.4 is 5.32 Å². The molecule has 1 aromatic carbocycles. The third-order valence-electron chi connectivity index (χ3n) is 2.42. The molecule has 5 heteroatoms. The lowest BCUT2D eigenvalue weighted by molar-refractivity contribution is -0.121. The maximum atomic E-state index is 12.9. The zero-order valence-electron chi connectivity index (χ0n) is 10.4. The van der Waals surface area contributed by atoms with Crippen molar-refractivity contribution in [3.8, 4) is 0 Å². The van der Waals surface area contributed by atoms with Gasteiger partial charge in [-0.15, -0.1) is 0 Å². The molecular formula is C13H18FNO3. The van der Waals surface area contributed by atoms with Crippen LogP contribution in [0.3, 0.4) is 0 Å². The summed E-state index contributed by atoms with van der Waals surface area (Å²) >= 11 is 0. The molecule has 0 spiro atoms. The molecule has 0 aromatic heterocycles. The van der Waals surface area contributed by atoms with Gasteiger partial charge in [0.1, 0.15) is 5.82 Å². The fourth-order valence-corrected chi connectivity index (χ4v) is 1.52. The quantitative estimate of drug-likeness (QED) is 0.760. The zero-order valence-corrected chi connectivity index (χ0v) is 10.4. The number of carbonyl (C=O) groups excluding carboxylic acids is 1. The summed E-state index contributed by atoms with van der Waals surface area (Å²) in [5, 5.41) is 11.9. The van der Waals surface area contributed by atoms with E-state index in [9.17, 15) is 14.3 Å². The van der Waals surface area contributed by atoms with E-state index >= 15 is 0 Å². The molecule has 1 unspecified atom stereocenters. The first-order valence-corrected chi connectivity index (χ1v) is 5.80. The molecular weight excluding hydrogens is 237 g/mol. The molecule has 100 valence electrons. The van der Waals surface area contributed by atoms with Crippen molar-refractivity contribution in [3.63, 3.8) is 0 Å². The molecule has 0 saturated carbocycles. The van der Waals surface area contributed by atoms with E-state index in [-0.39, 0.29) is 31.3 Å². The highest BCUT2D eigenvalue weighted by Crippen LogP contribution is 2.05. The van der Waals surface area contributed by atoms with E-state index < -0.39 is 6.10 Å². The van der Waals surface area contributed by atoms with Gasteiger partial charge in [-0.25, -0.2) is 4.39 Å². The number of aryl methyl sites for hydroxylation is 1. The fourth-order valence-electron chi connectivity index (χ4n) is 1.52. The Morgan fingerprint density at radius 3 is 3.00 bits per heavy atom. The Morgan fingerprint density at radius 2 is 2.33 bits per heavy atom. The van der Waals surface area contributed by atoms with E-state index in [0.29, 0.717) is 6.42 Å². The predicted molar refractivity (Wildman–Crippen MR) is 65.6 cm³/mol. The molecule has 0 aliphatic carbocycles. The predicted octanol–water partition coefficient (Wildman–Crippen LogP) is 0.882. The average molecular weight is 255 g/mol. The normalized spacial score (nSPS) is 12.2. The van der Waals surface area contributed by atoms with Crippen LogP contribution in [0.1, 0.15) is 12.0 Å². The third-order valence-corrected chi connectivity index (χ3v) is 2.42. The molecule has 0 bridgehead atoms. The number of carbonyl (C=O) groups is 1. The number of methoxy groups -OCH3 is 1. The third kappa shape index (κ3) is 5.75. The topological polar surface area (TPSA) is 58.6 Å². The number of aliphatic hydroxyl groups is 1. The number of rotatable bonds is 7. The van der Waals surface area contributed by atoms with Crippen LogP contribution in [0.25, 0.3) is 0 Å². The number of halogens is 1.